The molecule has 0 radical (unpaired) electrons. The van der Waals surface area contributed by atoms with Gasteiger partial charge in [-0.05, 0) is 38.6 Å². The Kier molecular flexibility index (Phi) is 3.79. The molecule has 0 aromatic carbocycles. The number of nitrogens with zero attached hydrogens (tertiary/aromatic N) is 3. The van der Waals surface area contributed by atoms with Crippen molar-refractivity contribution in [3.8, 4) is 0 Å². The van der Waals surface area contributed by atoms with E-state index in [4.69, 9.17) is 0 Å². The van der Waals surface area contributed by atoms with E-state index >= 15 is 0 Å². The summed E-state index contributed by atoms with van der Waals surface area (Å²) in [6.45, 7) is 3.24. The molecule has 5 nitrogen and oxygen atoms in total. The van der Waals surface area contributed by atoms with Gasteiger partial charge in [0.15, 0.2) is 0 Å². The van der Waals surface area contributed by atoms with Crippen LogP contribution in [0, 0.1) is 0 Å². The van der Waals surface area contributed by atoms with E-state index in [0.717, 1.165) is 44.3 Å². The van der Waals surface area contributed by atoms with Crippen molar-refractivity contribution >= 4 is 0 Å². The van der Waals surface area contributed by atoms with E-state index in [9.17, 15) is 5.11 Å². The van der Waals surface area contributed by atoms with Crippen molar-refractivity contribution in [1.82, 2.24) is 20.3 Å². The van der Waals surface area contributed by atoms with Gasteiger partial charge in [-0.2, -0.15) is 0 Å². The van der Waals surface area contributed by atoms with Gasteiger partial charge in [-0.3, -0.25) is 0 Å². The van der Waals surface area contributed by atoms with Crippen molar-refractivity contribution < 1.29 is 5.11 Å². The van der Waals surface area contributed by atoms with Crippen LogP contribution in [0.3, 0.4) is 0 Å². The molecule has 0 spiro atoms. The van der Waals surface area contributed by atoms with Crippen LogP contribution in [0.5, 0.6) is 0 Å². The predicted molar refractivity (Wildman–Crippen MR) is 65.4 cm³/mol. The SMILES string of the molecule is CCCNC1CCC(O)(c2cnnn2C)CC1. The first-order chi connectivity index (χ1) is 8.15. The molecule has 17 heavy (non-hydrogen) atoms. The molecule has 1 aliphatic carbocycles. The van der Waals surface area contributed by atoms with E-state index in [1.807, 2.05) is 7.05 Å². The van der Waals surface area contributed by atoms with Crippen LogP contribution >= 0.6 is 0 Å². The largest absolute Gasteiger partial charge is 0.384 e. The minimum atomic E-state index is -0.733. The van der Waals surface area contributed by atoms with E-state index in [1.54, 1.807) is 10.9 Å². The zero-order chi connectivity index (χ0) is 12.3. The molecule has 1 aromatic heterocycles. The molecule has 1 aromatic rings. The fourth-order valence-electron chi connectivity index (χ4n) is 2.62. The van der Waals surface area contributed by atoms with E-state index in [-0.39, 0.29) is 0 Å². The molecule has 0 atom stereocenters. The highest BCUT2D eigenvalue weighted by Gasteiger charge is 2.37. The van der Waals surface area contributed by atoms with Crippen LogP contribution in [0.2, 0.25) is 0 Å². The van der Waals surface area contributed by atoms with Gasteiger partial charge in [0.2, 0.25) is 0 Å². The monoisotopic (exact) mass is 238 g/mol. The average molecular weight is 238 g/mol. The van der Waals surface area contributed by atoms with Crippen LogP contribution in [0.15, 0.2) is 6.20 Å². The van der Waals surface area contributed by atoms with Crippen LogP contribution < -0.4 is 5.32 Å². The zero-order valence-corrected chi connectivity index (χ0v) is 10.7. The summed E-state index contributed by atoms with van der Waals surface area (Å²) in [5, 5.41) is 21.9. The summed E-state index contributed by atoms with van der Waals surface area (Å²) in [4.78, 5) is 0. The van der Waals surface area contributed by atoms with Crippen molar-refractivity contribution in [2.45, 2.75) is 50.7 Å². The summed E-state index contributed by atoms with van der Waals surface area (Å²) in [6, 6.07) is 0.552. The highest BCUT2D eigenvalue weighted by Crippen LogP contribution is 2.36. The maximum atomic E-state index is 10.6. The molecule has 5 heteroatoms. The second kappa shape index (κ2) is 5.14. The Morgan fingerprint density at radius 2 is 2.24 bits per heavy atom. The normalized spacial score (nSPS) is 29.5. The van der Waals surface area contributed by atoms with E-state index in [1.165, 1.54) is 0 Å². The molecule has 0 saturated heterocycles. The third kappa shape index (κ3) is 2.66. The first-order valence-electron chi connectivity index (χ1n) is 6.46. The number of hydrogen-bond donors (Lipinski definition) is 2. The first kappa shape index (κ1) is 12.5. The number of rotatable bonds is 4. The summed E-state index contributed by atoms with van der Waals surface area (Å²) < 4.78 is 1.68. The third-order valence-electron chi connectivity index (χ3n) is 3.69. The average Bonchev–Trinajstić information content (AvgIpc) is 2.76. The van der Waals surface area contributed by atoms with Gasteiger partial charge in [-0.25, -0.2) is 4.68 Å². The molecule has 96 valence electrons. The van der Waals surface area contributed by atoms with Crippen molar-refractivity contribution in [2.75, 3.05) is 6.54 Å². The van der Waals surface area contributed by atoms with Crippen molar-refractivity contribution in [1.29, 1.82) is 0 Å². The summed E-state index contributed by atoms with van der Waals surface area (Å²) in [7, 11) is 1.84. The summed E-state index contributed by atoms with van der Waals surface area (Å²) in [5.74, 6) is 0. The van der Waals surface area contributed by atoms with Crippen LogP contribution in [0.25, 0.3) is 0 Å². The van der Waals surface area contributed by atoms with Gasteiger partial charge in [0.05, 0.1) is 11.9 Å². The smallest absolute Gasteiger partial charge is 0.108 e. The van der Waals surface area contributed by atoms with E-state index < -0.39 is 5.60 Å². The lowest BCUT2D eigenvalue weighted by Crippen LogP contribution is -2.40. The molecule has 2 N–H and O–H groups in total. The highest BCUT2D eigenvalue weighted by atomic mass is 16.3. The third-order valence-corrected chi connectivity index (χ3v) is 3.69. The molecule has 0 bridgehead atoms. The van der Waals surface area contributed by atoms with Crippen molar-refractivity contribution in [3.63, 3.8) is 0 Å². The summed E-state index contributed by atoms with van der Waals surface area (Å²) in [6.07, 6.45) is 6.45. The lowest BCUT2D eigenvalue weighted by Gasteiger charge is -2.36. The predicted octanol–water partition coefficient (Wildman–Crippen LogP) is 0.945. The Balaban J connectivity index is 1.96. The standard InChI is InChI=1S/C12H22N4O/c1-3-8-13-10-4-6-12(17,7-5-10)11-9-14-15-16(11)2/h9-10,13,17H,3-8H2,1-2H3. The molecule has 1 aliphatic rings. The van der Waals surface area contributed by atoms with Gasteiger partial charge < -0.3 is 10.4 Å². The Bertz CT molecular complexity index is 355. The first-order valence-corrected chi connectivity index (χ1v) is 6.46. The van der Waals surface area contributed by atoms with Gasteiger partial charge >= 0.3 is 0 Å². The number of nitrogens with one attached hydrogen (secondary N) is 1. The van der Waals surface area contributed by atoms with Crippen molar-refractivity contribution in [3.05, 3.63) is 11.9 Å². The van der Waals surface area contributed by atoms with E-state index in [0.29, 0.717) is 6.04 Å². The van der Waals surface area contributed by atoms with E-state index in [2.05, 4.69) is 22.6 Å². The summed E-state index contributed by atoms with van der Waals surface area (Å²) in [5.41, 5.74) is 0.106. The lowest BCUT2D eigenvalue weighted by molar-refractivity contribution is -0.0152. The van der Waals surface area contributed by atoms with Crippen molar-refractivity contribution in [2.24, 2.45) is 7.05 Å². The fraction of sp³-hybridized carbons (Fsp3) is 0.833. The molecule has 0 aliphatic heterocycles. The minimum absolute atomic E-state index is 0.552. The molecule has 2 rings (SSSR count). The molecule has 0 amide bonds. The molecule has 1 fully saturated rings. The van der Waals surface area contributed by atoms with Crippen LogP contribution in [0.4, 0.5) is 0 Å². The molecule has 0 unspecified atom stereocenters. The Morgan fingerprint density at radius 3 is 2.76 bits per heavy atom. The zero-order valence-electron chi connectivity index (χ0n) is 10.7. The maximum Gasteiger partial charge on any atom is 0.108 e. The molecular weight excluding hydrogens is 216 g/mol. The Hall–Kier alpha value is -0.940. The second-order valence-corrected chi connectivity index (χ2v) is 5.00. The fourth-order valence-corrected chi connectivity index (χ4v) is 2.62. The van der Waals surface area contributed by atoms with Gasteiger partial charge in [-0.1, -0.05) is 12.1 Å². The van der Waals surface area contributed by atoms with Crippen LogP contribution in [-0.2, 0) is 12.6 Å². The summed E-state index contributed by atoms with van der Waals surface area (Å²) >= 11 is 0. The lowest BCUT2D eigenvalue weighted by atomic mass is 9.80. The maximum absolute atomic E-state index is 10.6. The highest BCUT2D eigenvalue weighted by molar-refractivity contribution is 5.09. The molecular formula is C12H22N4O. The quantitative estimate of drug-likeness (QED) is 0.819. The van der Waals surface area contributed by atoms with Gasteiger partial charge in [0.1, 0.15) is 5.60 Å². The van der Waals surface area contributed by atoms with Gasteiger partial charge in [0, 0.05) is 13.1 Å². The van der Waals surface area contributed by atoms with Crippen LogP contribution in [0.1, 0.15) is 44.7 Å². The number of aromatic nitrogens is 3. The minimum Gasteiger partial charge on any atom is -0.384 e. The number of aliphatic hydroxyl groups is 1. The topological polar surface area (TPSA) is 63.0 Å². The Labute approximate surface area is 102 Å². The number of aryl methyl sites for hydroxylation is 1. The van der Waals surface area contributed by atoms with Gasteiger partial charge in [-0.15, -0.1) is 5.10 Å². The Morgan fingerprint density at radius 1 is 1.53 bits per heavy atom. The molecule has 1 saturated carbocycles. The number of hydrogen-bond acceptors (Lipinski definition) is 4. The van der Waals surface area contributed by atoms with Crippen LogP contribution in [-0.4, -0.2) is 32.7 Å². The molecule has 1 heterocycles. The van der Waals surface area contributed by atoms with Gasteiger partial charge in [0.25, 0.3) is 0 Å². The second-order valence-electron chi connectivity index (χ2n) is 5.00.